The van der Waals surface area contributed by atoms with Gasteiger partial charge in [-0.05, 0) is 13.3 Å². The number of hydrogen-bond acceptors (Lipinski definition) is 5. The zero-order valence-electron chi connectivity index (χ0n) is 9.64. The summed E-state index contributed by atoms with van der Waals surface area (Å²) in [4.78, 5) is 32.8. The van der Waals surface area contributed by atoms with E-state index in [0.717, 1.165) is 6.08 Å². The van der Waals surface area contributed by atoms with Crippen molar-refractivity contribution in [2.24, 2.45) is 4.99 Å². The molecule has 0 aromatic heterocycles. The third-order valence-electron chi connectivity index (χ3n) is 1.35. The Labute approximate surface area is 99.3 Å². The molecule has 0 rings (SSSR count). The van der Waals surface area contributed by atoms with Gasteiger partial charge in [-0.15, -0.1) is 0 Å². The van der Waals surface area contributed by atoms with Gasteiger partial charge in [-0.2, -0.15) is 0 Å². The van der Waals surface area contributed by atoms with Gasteiger partial charge in [-0.25, -0.2) is 19.4 Å². The number of carbonyl (C=O) groups is 2. The van der Waals surface area contributed by atoms with Gasteiger partial charge in [-0.3, -0.25) is 0 Å². The zero-order chi connectivity index (χ0) is 13.7. The number of carbonyl (C=O) groups excluding carboxylic acids is 2. The lowest BCUT2D eigenvalue weighted by molar-refractivity contribution is -0.137. The SMILES string of the molecule is C=C(CCN=C=O)C(=O)O.C=CC(=O)OCC. The van der Waals surface area contributed by atoms with Gasteiger partial charge in [0.1, 0.15) is 0 Å². The topological polar surface area (TPSA) is 93.0 Å². The molecule has 0 aromatic rings. The highest BCUT2D eigenvalue weighted by Gasteiger charge is 2.01. The Hall–Kier alpha value is -2.20. The number of nitrogens with zero attached hydrogens (tertiary/aromatic N) is 1. The van der Waals surface area contributed by atoms with Crippen molar-refractivity contribution in [1.29, 1.82) is 0 Å². The highest BCUT2D eigenvalue weighted by atomic mass is 16.5. The number of aliphatic imine (C=N–C) groups is 1. The Morgan fingerprint density at radius 2 is 2.12 bits per heavy atom. The molecule has 0 radical (unpaired) electrons. The minimum absolute atomic E-state index is 0.0546. The van der Waals surface area contributed by atoms with Crippen LogP contribution >= 0.6 is 0 Å². The van der Waals surface area contributed by atoms with Crippen LogP contribution in [0.25, 0.3) is 0 Å². The standard InChI is InChI=1S/C6H7NO3.C5H8O2/c1-5(6(9)10)2-3-7-4-8;1-3-5(6)7-4-2/h1-3H2,(H,9,10);3H,1,4H2,2H3. The van der Waals surface area contributed by atoms with Gasteiger partial charge in [0.15, 0.2) is 0 Å². The number of ether oxygens (including phenoxy) is 1. The fraction of sp³-hybridized carbons (Fsp3) is 0.364. The Morgan fingerprint density at radius 3 is 2.41 bits per heavy atom. The van der Waals surface area contributed by atoms with E-state index < -0.39 is 5.97 Å². The first kappa shape index (κ1) is 17.2. The Morgan fingerprint density at radius 1 is 1.53 bits per heavy atom. The predicted molar refractivity (Wildman–Crippen MR) is 61.2 cm³/mol. The first-order valence-electron chi connectivity index (χ1n) is 4.73. The van der Waals surface area contributed by atoms with Crippen molar-refractivity contribution < 1.29 is 24.2 Å². The quantitative estimate of drug-likeness (QED) is 0.325. The molecule has 0 atom stereocenters. The first-order valence-corrected chi connectivity index (χ1v) is 4.73. The summed E-state index contributed by atoms with van der Waals surface area (Å²) in [5, 5.41) is 8.24. The molecule has 0 bridgehead atoms. The molecule has 0 aliphatic heterocycles. The molecule has 1 N–H and O–H groups in total. The van der Waals surface area contributed by atoms with E-state index in [-0.39, 0.29) is 24.5 Å². The van der Waals surface area contributed by atoms with E-state index in [9.17, 15) is 14.4 Å². The van der Waals surface area contributed by atoms with Gasteiger partial charge in [0, 0.05) is 11.6 Å². The maximum absolute atomic E-state index is 10.1. The number of rotatable bonds is 6. The smallest absolute Gasteiger partial charge is 0.331 e. The van der Waals surface area contributed by atoms with Crippen molar-refractivity contribution in [2.75, 3.05) is 13.2 Å². The third-order valence-corrected chi connectivity index (χ3v) is 1.35. The number of esters is 1. The van der Waals surface area contributed by atoms with E-state index in [1.54, 1.807) is 6.92 Å². The van der Waals surface area contributed by atoms with Crippen molar-refractivity contribution in [3.05, 3.63) is 24.8 Å². The molecule has 0 unspecified atom stereocenters. The van der Waals surface area contributed by atoms with Crippen LogP contribution in [0.2, 0.25) is 0 Å². The van der Waals surface area contributed by atoms with Crippen LogP contribution in [0.1, 0.15) is 13.3 Å². The van der Waals surface area contributed by atoms with E-state index >= 15 is 0 Å². The minimum Gasteiger partial charge on any atom is -0.478 e. The van der Waals surface area contributed by atoms with Crippen LogP contribution in [-0.4, -0.2) is 36.3 Å². The summed E-state index contributed by atoms with van der Waals surface area (Å²) in [5.41, 5.74) is 0.0546. The molecule has 6 heteroatoms. The molecule has 0 spiro atoms. The first-order chi connectivity index (χ1) is 7.99. The molecule has 0 aliphatic carbocycles. The van der Waals surface area contributed by atoms with E-state index in [2.05, 4.69) is 22.9 Å². The van der Waals surface area contributed by atoms with Crippen LogP contribution in [0, 0.1) is 0 Å². The number of hydrogen-bond donors (Lipinski definition) is 1. The van der Waals surface area contributed by atoms with Crippen LogP contribution in [0.3, 0.4) is 0 Å². The second-order valence-electron chi connectivity index (χ2n) is 2.59. The van der Waals surface area contributed by atoms with Gasteiger partial charge >= 0.3 is 11.9 Å². The number of carboxylic acids is 1. The largest absolute Gasteiger partial charge is 0.478 e. The van der Waals surface area contributed by atoms with Crippen molar-refractivity contribution >= 4 is 18.0 Å². The summed E-state index contributed by atoms with van der Waals surface area (Å²) in [6, 6.07) is 0. The van der Waals surface area contributed by atoms with Crippen molar-refractivity contribution in [3.63, 3.8) is 0 Å². The lowest BCUT2D eigenvalue weighted by atomic mass is 10.2. The minimum atomic E-state index is -1.05. The molecule has 0 heterocycles. The molecule has 17 heavy (non-hydrogen) atoms. The Kier molecular flexibility index (Phi) is 12.0. The van der Waals surface area contributed by atoms with Crippen LogP contribution in [0.4, 0.5) is 0 Å². The number of isocyanates is 1. The molecular formula is C11H15NO5. The summed E-state index contributed by atoms with van der Waals surface area (Å²) in [7, 11) is 0. The van der Waals surface area contributed by atoms with Gasteiger partial charge in [0.25, 0.3) is 0 Å². The van der Waals surface area contributed by atoms with Crippen LogP contribution in [-0.2, 0) is 19.1 Å². The number of aliphatic carboxylic acids is 1. The fourth-order valence-electron chi connectivity index (χ4n) is 0.545. The number of carboxylic acid groups (broad SMARTS) is 1. The molecule has 0 saturated heterocycles. The highest BCUT2D eigenvalue weighted by Crippen LogP contribution is 1.96. The second kappa shape index (κ2) is 11.9. The lowest BCUT2D eigenvalue weighted by Gasteiger charge is -1.92. The molecule has 0 amide bonds. The van der Waals surface area contributed by atoms with Crippen LogP contribution < -0.4 is 0 Å². The molecular weight excluding hydrogens is 226 g/mol. The molecule has 6 nitrogen and oxygen atoms in total. The Bertz CT molecular complexity index is 329. The maximum Gasteiger partial charge on any atom is 0.331 e. The van der Waals surface area contributed by atoms with E-state index in [0.29, 0.717) is 6.61 Å². The third kappa shape index (κ3) is 13.8. The van der Waals surface area contributed by atoms with E-state index in [4.69, 9.17) is 5.11 Å². The summed E-state index contributed by atoms with van der Waals surface area (Å²) in [6.45, 7) is 8.76. The monoisotopic (exact) mass is 241 g/mol. The van der Waals surface area contributed by atoms with Gasteiger partial charge in [0.05, 0.1) is 13.2 Å². The van der Waals surface area contributed by atoms with Crippen LogP contribution in [0.15, 0.2) is 29.8 Å². The predicted octanol–water partition coefficient (Wildman–Crippen LogP) is 1.09. The van der Waals surface area contributed by atoms with Crippen molar-refractivity contribution in [1.82, 2.24) is 0 Å². The fourth-order valence-corrected chi connectivity index (χ4v) is 0.545. The molecule has 0 aromatic carbocycles. The maximum atomic E-state index is 10.1. The van der Waals surface area contributed by atoms with E-state index in [1.807, 2.05) is 0 Å². The highest BCUT2D eigenvalue weighted by molar-refractivity contribution is 5.85. The average molecular weight is 241 g/mol. The lowest BCUT2D eigenvalue weighted by Crippen LogP contribution is -1.99. The van der Waals surface area contributed by atoms with E-state index in [1.165, 1.54) is 6.08 Å². The average Bonchev–Trinajstić information content (AvgIpc) is 2.30. The van der Waals surface area contributed by atoms with Gasteiger partial charge in [-0.1, -0.05) is 13.2 Å². The molecule has 0 aliphatic rings. The van der Waals surface area contributed by atoms with Crippen molar-refractivity contribution in [3.8, 4) is 0 Å². The molecule has 0 fully saturated rings. The van der Waals surface area contributed by atoms with Gasteiger partial charge in [0.2, 0.25) is 6.08 Å². The normalized spacial score (nSPS) is 7.82. The second-order valence-corrected chi connectivity index (χ2v) is 2.59. The summed E-state index contributed by atoms with van der Waals surface area (Å²) < 4.78 is 4.43. The summed E-state index contributed by atoms with van der Waals surface area (Å²) >= 11 is 0. The van der Waals surface area contributed by atoms with Crippen molar-refractivity contribution in [2.45, 2.75) is 13.3 Å². The summed E-state index contributed by atoms with van der Waals surface area (Å²) in [6.07, 6.45) is 2.64. The molecule has 94 valence electrons. The Balaban J connectivity index is 0. The zero-order valence-corrected chi connectivity index (χ0v) is 9.64. The molecule has 0 saturated carbocycles. The summed E-state index contributed by atoms with van der Waals surface area (Å²) in [5.74, 6) is -1.41. The van der Waals surface area contributed by atoms with Crippen LogP contribution in [0.5, 0.6) is 0 Å². The van der Waals surface area contributed by atoms with Gasteiger partial charge < -0.3 is 9.84 Å².